The molecular formula is C23H22N2O4. The van der Waals surface area contributed by atoms with E-state index in [2.05, 4.69) is 4.98 Å². The topological polar surface area (TPSA) is 84.3 Å². The highest BCUT2D eigenvalue weighted by atomic mass is 16.5. The number of nitriles is 1. The quantitative estimate of drug-likeness (QED) is 0.591. The van der Waals surface area contributed by atoms with Crippen LogP contribution >= 0.6 is 0 Å². The molecule has 0 bridgehead atoms. The number of hydrogen-bond donors (Lipinski definition) is 1. The Hall–Kier alpha value is -3.56. The van der Waals surface area contributed by atoms with Gasteiger partial charge in [-0.3, -0.25) is 4.79 Å². The number of ether oxygens (including phenoxy) is 3. The van der Waals surface area contributed by atoms with Gasteiger partial charge in [-0.2, -0.15) is 5.26 Å². The number of rotatable bonds is 8. The second kappa shape index (κ2) is 9.58. The van der Waals surface area contributed by atoms with Gasteiger partial charge < -0.3 is 19.2 Å². The average molecular weight is 390 g/mol. The molecule has 3 rings (SSSR count). The van der Waals surface area contributed by atoms with Crippen LogP contribution in [0.1, 0.15) is 16.8 Å². The zero-order chi connectivity index (χ0) is 20.6. The number of H-pyrrole nitrogens is 1. The Morgan fingerprint density at radius 2 is 1.83 bits per heavy atom. The smallest absolute Gasteiger partial charge is 0.266 e. The molecule has 0 saturated heterocycles. The molecule has 0 aliphatic heterocycles. The summed E-state index contributed by atoms with van der Waals surface area (Å²) in [5.41, 5.74) is 2.49. The van der Waals surface area contributed by atoms with Gasteiger partial charge in [0.2, 0.25) is 0 Å². The van der Waals surface area contributed by atoms with Gasteiger partial charge in [0.05, 0.1) is 20.3 Å². The Kier molecular flexibility index (Phi) is 6.67. The molecule has 29 heavy (non-hydrogen) atoms. The summed E-state index contributed by atoms with van der Waals surface area (Å²) in [5, 5.41) is 9.46. The first-order valence-electron chi connectivity index (χ1n) is 9.19. The molecule has 0 atom stereocenters. The van der Waals surface area contributed by atoms with Crippen molar-refractivity contribution in [3.8, 4) is 28.7 Å². The van der Waals surface area contributed by atoms with Crippen LogP contribution in [-0.2, 0) is 11.3 Å². The van der Waals surface area contributed by atoms with Crippen LogP contribution in [-0.4, -0.2) is 25.3 Å². The standard InChI is InChI=1S/C23H22N2O4/c1-16-12-19(21(14-24)23(26)25-16)20-13-18(27-2)8-9-22(20)29-11-10-28-15-17-6-4-3-5-7-17/h3-9,12-13H,10-11,15H2,1-2H3,(H,25,26). The number of nitrogens with one attached hydrogen (secondary N) is 1. The van der Waals surface area contributed by atoms with Crippen molar-refractivity contribution >= 4 is 0 Å². The summed E-state index contributed by atoms with van der Waals surface area (Å²) in [7, 11) is 1.56. The van der Waals surface area contributed by atoms with E-state index in [1.807, 2.05) is 36.4 Å². The monoisotopic (exact) mass is 390 g/mol. The summed E-state index contributed by atoms with van der Waals surface area (Å²) < 4.78 is 16.9. The summed E-state index contributed by atoms with van der Waals surface area (Å²) in [6.45, 7) is 3.01. The van der Waals surface area contributed by atoms with Crippen LogP contribution in [0.3, 0.4) is 0 Å². The molecule has 0 radical (unpaired) electrons. The van der Waals surface area contributed by atoms with E-state index < -0.39 is 5.56 Å². The van der Waals surface area contributed by atoms with E-state index in [-0.39, 0.29) is 5.56 Å². The van der Waals surface area contributed by atoms with Crippen molar-refractivity contribution in [3.05, 3.63) is 81.8 Å². The van der Waals surface area contributed by atoms with Crippen LogP contribution in [0.15, 0.2) is 59.4 Å². The lowest BCUT2D eigenvalue weighted by molar-refractivity contribution is 0.0891. The molecule has 6 heteroatoms. The maximum Gasteiger partial charge on any atom is 0.266 e. The average Bonchev–Trinajstić information content (AvgIpc) is 2.74. The van der Waals surface area contributed by atoms with Crippen LogP contribution in [0.5, 0.6) is 11.5 Å². The minimum absolute atomic E-state index is 0.0361. The van der Waals surface area contributed by atoms with E-state index in [9.17, 15) is 10.1 Å². The number of aromatic nitrogens is 1. The summed E-state index contributed by atoms with van der Waals surface area (Å²) in [6.07, 6.45) is 0. The number of nitrogens with zero attached hydrogens (tertiary/aromatic N) is 1. The van der Waals surface area contributed by atoms with Gasteiger partial charge in [-0.1, -0.05) is 30.3 Å². The molecule has 1 aromatic heterocycles. The van der Waals surface area contributed by atoms with E-state index in [0.717, 1.165) is 5.56 Å². The highest BCUT2D eigenvalue weighted by molar-refractivity contribution is 5.76. The van der Waals surface area contributed by atoms with Crippen molar-refractivity contribution in [2.24, 2.45) is 0 Å². The molecule has 1 heterocycles. The lowest BCUT2D eigenvalue weighted by Crippen LogP contribution is -2.13. The van der Waals surface area contributed by atoms with E-state index in [1.165, 1.54) is 0 Å². The van der Waals surface area contributed by atoms with E-state index in [4.69, 9.17) is 14.2 Å². The Labute approximate surface area is 169 Å². The van der Waals surface area contributed by atoms with Crippen molar-refractivity contribution in [2.45, 2.75) is 13.5 Å². The maximum atomic E-state index is 12.2. The Morgan fingerprint density at radius 3 is 2.55 bits per heavy atom. The molecule has 148 valence electrons. The van der Waals surface area contributed by atoms with Gasteiger partial charge in [-0.05, 0) is 36.8 Å². The summed E-state index contributed by atoms with van der Waals surface area (Å²) in [5.74, 6) is 1.16. The van der Waals surface area contributed by atoms with Crippen molar-refractivity contribution in [3.63, 3.8) is 0 Å². The second-order valence-corrected chi connectivity index (χ2v) is 6.43. The molecule has 0 unspecified atom stereocenters. The zero-order valence-electron chi connectivity index (χ0n) is 16.4. The third kappa shape index (κ3) is 5.03. The molecule has 3 aromatic rings. The number of aryl methyl sites for hydroxylation is 1. The molecule has 0 aliphatic carbocycles. The van der Waals surface area contributed by atoms with Crippen molar-refractivity contribution in [2.75, 3.05) is 20.3 Å². The van der Waals surface area contributed by atoms with Crippen LogP contribution < -0.4 is 15.0 Å². The first kappa shape index (κ1) is 20.2. The number of pyridine rings is 1. The van der Waals surface area contributed by atoms with Gasteiger partial charge in [-0.15, -0.1) is 0 Å². The van der Waals surface area contributed by atoms with Crippen LogP contribution in [0.2, 0.25) is 0 Å². The van der Waals surface area contributed by atoms with Gasteiger partial charge in [0.1, 0.15) is 29.7 Å². The predicted molar refractivity (Wildman–Crippen MR) is 110 cm³/mol. The van der Waals surface area contributed by atoms with Crippen molar-refractivity contribution < 1.29 is 14.2 Å². The second-order valence-electron chi connectivity index (χ2n) is 6.43. The van der Waals surface area contributed by atoms with Gasteiger partial charge in [-0.25, -0.2) is 0 Å². The molecule has 0 saturated carbocycles. The minimum atomic E-state index is -0.428. The highest BCUT2D eigenvalue weighted by Crippen LogP contribution is 2.34. The Bertz CT molecular complexity index is 1070. The molecule has 0 fully saturated rings. The van der Waals surface area contributed by atoms with Gasteiger partial charge in [0, 0.05) is 16.8 Å². The summed E-state index contributed by atoms with van der Waals surface area (Å²) in [6, 6.07) is 18.9. The molecule has 2 aromatic carbocycles. The maximum absolute atomic E-state index is 12.2. The largest absolute Gasteiger partial charge is 0.497 e. The summed E-state index contributed by atoms with van der Waals surface area (Å²) >= 11 is 0. The van der Waals surface area contributed by atoms with E-state index in [1.54, 1.807) is 38.3 Å². The third-order valence-corrected chi connectivity index (χ3v) is 4.35. The Balaban J connectivity index is 1.78. The van der Waals surface area contributed by atoms with E-state index >= 15 is 0 Å². The van der Waals surface area contributed by atoms with Crippen LogP contribution in [0.4, 0.5) is 0 Å². The Morgan fingerprint density at radius 1 is 1.03 bits per heavy atom. The van der Waals surface area contributed by atoms with Crippen molar-refractivity contribution in [1.82, 2.24) is 4.98 Å². The molecule has 0 amide bonds. The molecule has 0 aliphatic rings. The first-order chi connectivity index (χ1) is 14.1. The third-order valence-electron chi connectivity index (χ3n) is 4.35. The first-order valence-corrected chi connectivity index (χ1v) is 9.19. The number of hydrogen-bond acceptors (Lipinski definition) is 5. The number of benzene rings is 2. The van der Waals surface area contributed by atoms with Gasteiger partial charge >= 0.3 is 0 Å². The summed E-state index contributed by atoms with van der Waals surface area (Å²) in [4.78, 5) is 14.8. The molecule has 6 nitrogen and oxygen atoms in total. The lowest BCUT2D eigenvalue weighted by atomic mass is 10.00. The van der Waals surface area contributed by atoms with Gasteiger partial charge in [0.15, 0.2) is 0 Å². The van der Waals surface area contributed by atoms with Crippen LogP contribution in [0, 0.1) is 18.3 Å². The predicted octanol–water partition coefficient (Wildman–Crippen LogP) is 3.83. The zero-order valence-corrected chi connectivity index (χ0v) is 16.4. The van der Waals surface area contributed by atoms with Crippen LogP contribution in [0.25, 0.3) is 11.1 Å². The van der Waals surface area contributed by atoms with E-state index in [0.29, 0.717) is 48.1 Å². The SMILES string of the molecule is COc1ccc(OCCOCc2ccccc2)c(-c2cc(C)[nH]c(=O)c2C#N)c1. The highest BCUT2D eigenvalue weighted by Gasteiger charge is 2.16. The molecule has 0 spiro atoms. The van der Waals surface area contributed by atoms with Crippen molar-refractivity contribution in [1.29, 1.82) is 5.26 Å². The fourth-order valence-electron chi connectivity index (χ4n) is 2.96. The minimum Gasteiger partial charge on any atom is -0.497 e. The lowest BCUT2D eigenvalue weighted by Gasteiger charge is -2.14. The fraction of sp³-hybridized carbons (Fsp3) is 0.217. The normalized spacial score (nSPS) is 10.4. The molecule has 1 N–H and O–H groups in total. The number of methoxy groups -OCH3 is 1. The van der Waals surface area contributed by atoms with Gasteiger partial charge in [0.25, 0.3) is 5.56 Å². The molecular weight excluding hydrogens is 368 g/mol. The fourth-order valence-corrected chi connectivity index (χ4v) is 2.96. The number of aromatic amines is 1.